The van der Waals surface area contributed by atoms with E-state index in [1.165, 1.54) is 12.7 Å². The molecule has 0 amide bonds. The van der Waals surface area contributed by atoms with Crippen LogP contribution in [-0.2, 0) is 19.0 Å². The summed E-state index contributed by atoms with van der Waals surface area (Å²) in [4.78, 5) is 24.0. The molecular formula is C21H28O5. The maximum absolute atomic E-state index is 12.1. The molecule has 2 aliphatic carbocycles. The van der Waals surface area contributed by atoms with Crippen molar-refractivity contribution in [3.63, 3.8) is 0 Å². The first-order valence-electron chi connectivity index (χ1n) is 9.43. The normalized spacial score (nSPS) is 35.8. The molecule has 1 saturated carbocycles. The molecule has 0 spiro atoms. The van der Waals surface area contributed by atoms with Crippen molar-refractivity contribution in [3.8, 4) is 0 Å². The van der Waals surface area contributed by atoms with Gasteiger partial charge in [0.25, 0.3) is 0 Å². The van der Waals surface area contributed by atoms with Gasteiger partial charge in [0.05, 0.1) is 13.0 Å². The van der Waals surface area contributed by atoms with Crippen molar-refractivity contribution < 1.29 is 23.8 Å². The zero-order chi connectivity index (χ0) is 18.9. The molecule has 3 rings (SSSR count). The molecule has 0 aromatic carbocycles. The summed E-state index contributed by atoms with van der Waals surface area (Å²) < 4.78 is 16.2. The predicted molar refractivity (Wildman–Crippen MR) is 97.4 cm³/mol. The molecule has 5 nitrogen and oxygen atoms in total. The van der Waals surface area contributed by atoms with E-state index in [0.717, 1.165) is 24.8 Å². The fourth-order valence-electron chi connectivity index (χ4n) is 4.40. The second-order valence-corrected chi connectivity index (χ2v) is 7.72. The molecule has 0 N–H and O–H groups in total. The largest absolute Gasteiger partial charge is 0.509 e. The fourth-order valence-corrected chi connectivity index (χ4v) is 4.40. The van der Waals surface area contributed by atoms with Crippen LogP contribution in [0.15, 0.2) is 35.5 Å². The molecule has 26 heavy (non-hydrogen) atoms. The lowest BCUT2D eigenvalue weighted by Gasteiger charge is -2.40. The number of hydrogen-bond acceptors (Lipinski definition) is 5. The van der Waals surface area contributed by atoms with Crippen molar-refractivity contribution in [3.05, 3.63) is 35.5 Å². The fraction of sp³-hybridized carbons (Fsp3) is 0.619. The molecule has 1 aliphatic heterocycles. The van der Waals surface area contributed by atoms with Gasteiger partial charge in [0.1, 0.15) is 11.7 Å². The van der Waals surface area contributed by atoms with Gasteiger partial charge in [-0.1, -0.05) is 38.2 Å². The molecule has 142 valence electrons. The Morgan fingerprint density at radius 1 is 1.35 bits per heavy atom. The van der Waals surface area contributed by atoms with Gasteiger partial charge in [-0.15, -0.1) is 0 Å². The number of carbonyl (C=O) groups excluding carboxylic acids is 2. The molecule has 1 saturated heterocycles. The summed E-state index contributed by atoms with van der Waals surface area (Å²) in [5.41, 5.74) is 2.18. The number of rotatable bonds is 2. The molecule has 2 fully saturated rings. The molecule has 5 heteroatoms. The quantitative estimate of drug-likeness (QED) is 0.536. The smallest absolute Gasteiger partial charge is 0.466 e. The highest BCUT2D eigenvalue weighted by Crippen LogP contribution is 2.51. The third kappa shape index (κ3) is 3.31. The van der Waals surface area contributed by atoms with E-state index in [1.807, 2.05) is 6.08 Å². The van der Waals surface area contributed by atoms with E-state index in [4.69, 9.17) is 14.2 Å². The average molecular weight is 360 g/mol. The number of hydrogen-bond donors (Lipinski definition) is 0. The second-order valence-electron chi connectivity index (χ2n) is 7.72. The van der Waals surface area contributed by atoms with Gasteiger partial charge in [-0.05, 0) is 50.0 Å². The van der Waals surface area contributed by atoms with Crippen molar-refractivity contribution >= 4 is 12.1 Å². The van der Waals surface area contributed by atoms with Crippen molar-refractivity contribution in [1.82, 2.24) is 0 Å². The van der Waals surface area contributed by atoms with Gasteiger partial charge >= 0.3 is 12.1 Å². The van der Waals surface area contributed by atoms with Crippen LogP contribution in [0.1, 0.15) is 52.4 Å². The monoisotopic (exact) mass is 360 g/mol. The molecule has 2 bridgehead atoms. The van der Waals surface area contributed by atoms with E-state index in [2.05, 4.69) is 26.5 Å². The first-order chi connectivity index (χ1) is 12.4. The summed E-state index contributed by atoms with van der Waals surface area (Å²) in [6.45, 7) is 8.55. The standard InChI is InChI=1S/C21H28O5/c1-13(2)16-9-8-15(19(22)24-4)7-5-6-14(3)21-11-10-18(17(21)12-16)25-20(23)26-21/h7,12-13,17-18H,3,5-6,8-11H2,1-2,4H3/b15-7-,16-12+/t17-,18-,21-/m0/s1. The van der Waals surface area contributed by atoms with Crippen LogP contribution < -0.4 is 0 Å². The van der Waals surface area contributed by atoms with Crippen LogP contribution in [-0.4, -0.2) is 30.9 Å². The van der Waals surface area contributed by atoms with Crippen molar-refractivity contribution in [2.45, 2.75) is 64.1 Å². The number of ether oxygens (including phenoxy) is 3. The minimum absolute atomic E-state index is 0.00947. The molecule has 0 unspecified atom stereocenters. The zero-order valence-corrected chi connectivity index (χ0v) is 15.9. The molecule has 0 aromatic rings. The molecule has 3 aliphatic rings. The zero-order valence-electron chi connectivity index (χ0n) is 15.9. The highest BCUT2D eigenvalue weighted by atomic mass is 16.7. The number of methoxy groups -OCH3 is 1. The predicted octanol–water partition coefficient (Wildman–Crippen LogP) is 4.48. The third-order valence-electron chi connectivity index (χ3n) is 5.95. The molecule has 0 radical (unpaired) electrons. The van der Waals surface area contributed by atoms with Gasteiger partial charge in [-0.25, -0.2) is 9.59 Å². The van der Waals surface area contributed by atoms with E-state index in [-0.39, 0.29) is 18.0 Å². The Balaban J connectivity index is 2.00. The van der Waals surface area contributed by atoms with E-state index in [9.17, 15) is 9.59 Å². The maximum atomic E-state index is 12.1. The highest BCUT2D eigenvalue weighted by molar-refractivity contribution is 5.88. The summed E-state index contributed by atoms with van der Waals surface area (Å²) in [7, 11) is 1.41. The Morgan fingerprint density at radius 3 is 2.81 bits per heavy atom. The molecule has 3 atom stereocenters. The van der Waals surface area contributed by atoms with Crippen LogP contribution in [0.25, 0.3) is 0 Å². The lowest BCUT2D eigenvalue weighted by Crippen LogP contribution is -2.48. The van der Waals surface area contributed by atoms with E-state index >= 15 is 0 Å². The van der Waals surface area contributed by atoms with E-state index in [0.29, 0.717) is 30.8 Å². The Bertz CT molecular complexity index is 672. The van der Waals surface area contributed by atoms with Crippen molar-refractivity contribution in [2.24, 2.45) is 11.8 Å². The van der Waals surface area contributed by atoms with E-state index in [1.54, 1.807) is 0 Å². The Kier molecular flexibility index (Phi) is 5.26. The Labute approximate surface area is 155 Å². The first-order valence-corrected chi connectivity index (χ1v) is 9.43. The lowest BCUT2D eigenvalue weighted by atomic mass is 9.79. The maximum Gasteiger partial charge on any atom is 0.509 e. The SMILES string of the molecule is C=C1CC/C=C(\C(=O)OC)CC/C(C(C)C)=C\[C@H]2[C@@H]3CC[C@]12OC(=O)O3. The van der Waals surface area contributed by atoms with Gasteiger partial charge in [-0.3, -0.25) is 0 Å². The van der Waals surface area contributed by atoms with Crippen molar-refractivity contribution in [2.75, 3.05) is 7.11 Å². The second kappa shape index (κ2) is 7.29. The summed E-state index contributed by atoms with van der Waals surface area (Å²) >= 11 is 0. The molecular weight excluding hydrogens is 332 g/mol. The molecule has 0 aromatic heterocycles. The first kappa shape index (κ1) is 18.7. The number of esters is 1. The van der Waals surface area contributed by atoms with Crippen molar-refractivity contribution in [1.29, 1.82) is 0 Å². The summed E-state index contributed by atoms with van der Waals surface area (Å²) in [6.07, 6.45) is 7.72. The summed E-state index contributed by atoms with van der Waals surface area (Å²) in [5, 5.41) is 0. The van der Waals surface area contributed by atoms with Crippen LogP contribution >= 0.6 is 0 Å². The van der Waals surface area contributed by atoms with Gasteiger partial charge in [0.15, 0.2) is 0 Å². The minimum atomic E-state index is -0.677. The minimum Gasteiger partial charge on any atom is -0.466 e. The van der Waals surface area contributed by atoms with Crippen LogP contribution in [0.5, 0.6) is 0 Å². The van der Waals surface area contributed by atoms with Gasteiger partial charge in [-0.2, -0.15) is 0 Å². The lowest BCUT2D eigenvalue weighted by molar-refractivity contribution is -0.136. The van der Waals surface area contributed by atoms with E-state index < -0.39 is 11.8 Å². The highest BCUT2D eigenvalue weighted by Gasteiger charge is 2.57. The Morgan fingerprint density at radius 2 is 2.12 bits per heavy atom. The van der Waals surface area contributed by atoms with Crippen LogP contribution in [0.3, 0.4) is 0 Å². The molecule has 1 heterocycles. The van der Waals surface area contributed by atoms with Gasteiger partial charge < -0.3 is 14.2 Å². The van der Waals surface area contributed by atoms with Crippen LogP contribution in [0.4, 0.5) is 4.79 Å². The summed E-state index contributed by atoms with van der Waals surface area (Å²) in [5.74, 6) is 0.0478. The van der Waals surface area contributed by atoms with Crippen LogP contribution in [0, 0.1) is 11.8 Å². The van der Waals surface area contributed by atoms with Gasteiger partial charge in [0.2, 0.25) is 0 Å². The third-order valence-corrected chi connectivity index (χ3v) is 5.95. The number of carbonyl (C=O) groups is 2. The topological polar surface area (TPSA) is 61.8 Å². The summed E-state index contributed by atoms with van der Waals surface area (Å²) in [6, 6.07) is 0. The van der Waals surface area contributed by atoms with Crippen LogP contribution in [0.2, 0.25) is 0 Å². The Hall–Kier alpha value is -2.04. The number of allylic oxidation sites excluding steroid dienone is 2. The average Bonchev–Trinajstić information content (AvgIpc) is 2.81. The van der Waals surface area contributed by atoms with Gasteiger partial charge in [0, 0.05) is 5.57 Å².